The Bertz CT molecular complexity index is 137. The maximum absolute atomic E-state index is 8.82. The second-order valence-electron chi connectivity index (χ2n) is 4.05. The van der Waals surface area contributed by atoms with E-state index in [1.54, 1.807) is 0 Å². The average Bonchev–Trinajstić information content (AvgIpc) is 2.11. The van der Waals surface area contributed by atoms with E-state index in [0.717, 1.165) is 38.6 Å². The third kappa shape index (κ3) is 3.95. The number of aliphatic hydroxyl groups is 1. The van der Waals surface area contributed by atoms with Crippen molar-refractivity contribution >= 4 is 0 Å². The lowest BCUT2D eigenvalue weighted by molar-refractivity contribution is 0.117. The van der Waals surface area contributed by atoms with Crippen LogP contribution in [0.2, 0.25) is 0 Å². The topological polar surface area (TPSA) is 35.5 Å². The standard InChI is InChI=1S/C11H24N2O/c1-2-12-7-9-13(8-4-10-14)11-5-3-6-11/h11-12,14H,2-10H2,1H3. The highest BCUT2D eigenvalue weighted by Gasteiger charge is 2.23. The van der Waals surface area contributed by atoms with Gasteiger partial charge in [-0.2, -0.15) is 0 Å². The van der Waals surface area contributed by atoms with E-state index in [0.29, 0.717) is 6.61 Å². The van der Waals surface area contributed by atoms with Crippen LogP contribution in [0, 0.1) is 0 Å². The van der Waals surface area contributed by atoms with Crippen molar-refractivity contribution in [2.45, 2.75) is 38.6 Å². The summed E-state index contributed by atoms with van der Waals surface area (Å²) in [5, 5.41) is 12.2. The van der Waals surface area contributed by atoms with Gasteiger partial charge in [0.05, 0.1) is 0 Å². The maximum Gasteiger partial charge on any atom is 0.0443 e. The van der Waals surface area contributed by atoms with Gasteiger partial charge in [-0.3, -0.25) is 4.90 Å². The molecule has 0 radical (unpaired) electrons. The Hall–Kier alpha value is -0.120. The van der Waals surface area contributed by atoms with E-state index in [1.807, 2.05) is 0 Å². The molecular weight excluding hydrogens is 176 g/mol. The molecule has 84 valence electrons. The second-order valence-corrected chi connectivity index (χ2v) is 4.05. The van der Waals surface area contributed by atoms with E-state index in [9.17, 15) is 0 Å². The first kappa shape index (κ1) is 12.0. The van der Waals surface area contributed by atoms with Crippen LogP contribution in [0.25, 0.3) is 0 Å². The van der Waals surface area contributed by atoms with Crippen LogP contribution in [0.3, 0.4) is 0 Å². The summed E-state index contributed by atoms with van der Waals surface area (Å²) in [6.07, 6.45) is 5.03. The van der Waals surface area contributed by atoms with E-state index in [-0.39, 0.29) is 0 Å². The van der Waals surface area contributed by atoms with Crippen molar-refractivity contribution < 1.29 is 5.11 Å². The Morgan fingerprint density at radius 1 is 1.36 bits per heavy atom. The van der Waals surface area contributed by atoms with E-state index < -0.39 is 0 Å². The summed E-state index contributed by atoms with van der Waals surface area (Å²) in [6, 6.07) is 0.806. The van der Waals surface area contributed by atoms with Gasteiger partial charge in [0, 0.05) is 32.3 Å². The van der Waals surface area contributed by atoms with Crippen LogP contribution in [0.4, 0.5) is 0 Å². The lowest BCUT2D eigenvalue weighted by Crippen LogP contribution is -2.44. The average molecular weight is 200 g/mol. The van der Waals surface area contributed by atoms with Gasteiger partial charge in [0.2, 0.25) is 0 Å². The molecule has 1 aliphatic carbocycles. The van der Waals surface area contributed by atoms with E-state index in [1.165, 1.54) is 19.3 Å². The number of aliphatic hydroxyl groups excluding tert-OH is 1. The minimum absolute atomic E-state index is 0.324. The largest absolute Gasteiger partial charge is 0.396 e. The molecule has 0 saturated heterocycles. The minimum Gasteiger partial charge on any atom is -0.396 e. The van der Waals surface area contributed by atoms with Gasteiger partial charge >= 0.3 is 0 Å². The fourth-order valence-corrected chi connectivity index (χ4v) is 1.90. The second kappa shape index (κ2) is 7.21. The van der Waals surface area contributed by atoms with Gasteiger partial charge in [0.25, 0.3) is 0 Å². The summed E-state index contributed by atoms with van der Waals surface area (Å²) < 4.78 is 0. The van der Waals surface area contributed by atoms with Crippen LogP contribution in [0.1, 0.15) is 32.6 Å². The number of nitrogens with one attached hydrogen (secondary N) is 1. The van der Waals surface area contributed by atoms with E-state index in [2.05, 4.69) is 17.1 Å². The zero-order valence-corrected chi connectivity index (χ0v) is 9.34. The van der Waals surface area contributed by atoms with E-state index in [4.69, 9.17) is 5.11 Å². The van der Waals surface area contributed by atoms with Crippen LogP contribution in [-0.4, -0.2) is 48.8 Å². The molecule has 0 bridgehead atoms. The summed E-state index contributed by atoms with van der Waals surface area (Å²) in [4.78, 5) is 2.53. The van der Waals surface area contributed by atoms with Gasteiger partial charge in [0.1, 0.15) is 0 Å². The van der Waals surface area contributed by atoms with Crippen LogP contribution in [0.5, 0.6) is 0 Å². The Morgan fingerprint density at radius 2 is 2.14 bits per heavy atom. The third-order valence-electron chi connectivity index (χ3n) is 3.02. The summed E-state index contributed by atoms with van der Waals surface area (Å²) in [5.74, 6) is 0. The molecule has 0 heterocycles. The molecule has 0 unspecified atom stereocenters. The molecule has 3 nitrogen and oxygen atoms in total. The first-order valence-electron chi connectivity index (χ1n) is 5.94. The molecule has 2 N–H and O–H groups in total. The van der Waals surface area contributed by atoms with Crippen molar-refractivity contribution in [1.82, 2.24) is 10.2 Å². The van der Waals surface area contributed by atoms with Crippen molar-refractivity contribution in [2.75, 3.05) is 32.8 Å². The van der Waals surface area contributed by atoms with Gasteiger partial charge in [-0.05, 0) is 25.8 Å². The summed E-state index contributed by atoms with van der Waals surface area (Å²) >= 11 is 0. The van der Waals surface area contributed by atoms with Crippen molar-refractivity contribution in [2.24, 2.45) is 0 Å². The molecule has 0 amide bonds. The van der Waals surface area contributed by atoms with Crippen LogP contribution >= 0.6 is 0 Å². The highest BCUT2D eigenvalue weighted by Crippen LogP contribution is 2.24. The first-order valence-corrected chi connectivity index (χ1v) is 5.94. The van der Waals surface area contributed by atoms with Crippen LogP contribution in [-0.2, 0) is 0 Å². The summed E-state index contributed by atoms with van der Waals surface area (Å²) in [5.41, 5.74) is 0. The predicted octanol–water partition coefficient (Wildman–Crippen LogP) is 0.833. The zero-order chi connectivity index (χ0) is 10.2. The fourth-order valence-electron chi connectivity index (χ4n) is 1.90. The monoisotopic (exact) mass is 200 g/mol. The van der Waals surface area contributed by atoms with Crippen molar-refractivity contribution in [3.8, 4) is 0 Å². The molecular formula is C11H24N2O. The van der Waals surface area contributed by atoms with E-state index >= 15 is 0 Å². The van der Waals surface area contributed by atoms with Gasteiger partial charge in [0.15, 0.2) is 0 Å². The van der Waals surface area contributed by atoms with Gasteiger partial charge in [-0.1, -0.05) is 13.3 Å². The number of nitrogens with zero attached hydrogens (tertiary/aromatic N) is 1. The Labute approximate surface area is 87.5 Å². The first-order chi connectivity index (χ1) is 6.88. The highest BCUT2D eigenvalue weighted by atomic mass is 16.3. The summed E-state index contributed by atoms with van der Waals surface area (Å²) in [6.45, 7) is 6.80. The number of hydrogen-bond acceptors (Lipinski definition) is 3. The molecule has 0 atom stereocenters. The number of likely N-dealkylation sites (N-methyl/N-ethyl adjacent to an activating group) is 1. The lowest BCUT2D eigenvalue weighted by Gasteiger charge is -2.37. The molecule has 14 heavy (non-hydrogen) atoms. The Balaban J connectivity index is 2.14. The quantitative estimate of drug-likeness (QED) is 0.570. The Kier molecular flexibility index (Phi) is 6.15. The number of hydrogen-bond donors (Lipinski definition) is 2. The fraction of sp³-hybridized carbons (Fsp3) is 1.00. The van der Waals surface area contributed by atoms with Gasteiger partial charge in [-0.25, -0.2) is 0 Å². The van der Waals surface area contributed by atoms with Gasteiger partial charge < -0.3 is 10.4 Å². The SMILES string of the molecule is CCNCCN(CCCO)C1CCC1. The molecule has 0 aromatic carbocycles. The molecule has 0 aliphatic heterocycles. The molecule has 1 saturated carbocycles. The molecule has 3 heteroatoms. The van der Waals surface area contributed by atoms with Crippen LogP contribution in [0.15, 0.2) is 0 Å². The molecule has 1 aliphatic rings. The van der Waals surface area contributed by atoms with Crippen LogP contribution < -0.4 is 5.32 Å². The molecule has 0 spiro atoms. The normalized spacial score (nSPS) is 17.4. The van der Waals surface area contributed by atoms with Crippen molar-refractivity contribution in [3.63, 3.8) is 0 Å². The Morgan fingerprint density at radius 3 is 2.64 bits per heavy atom. The molecule has 1 rings (SSSR count). The maximum atomic E-state index is 8.82. The highest BCUT2D eigenvalue weighted by molar-refractivity contribution is 4.80. The minimum atomic E-state index is 0.324. The number of rotatable bonds is 8. The zero-order valence-electron chi connectivity index (χ0n) is 9.34. The molecule has 0 aromatic rings. The third-order valence-corrected chi connectivity index (χ3v) is 3.02. The molecule has 1 fully saturated rings. The molecule has 0 aromatic heterocycles. The van der Waals surface area contributed by atoms with Crippen molar-refractivity contribution in [1.29, 1.82) is 0 Å². The smallest absolute Gasteiger partial charge is 0.0443 e. The van der Waals surface area contributed by atoms with Crippen molar-refractivity contribution in [3.05, 3.63) is 0 Å². The predicted molar refractivity (Wildman–Crippen MR) is 59.5 cm³/mol. The summed E-state index contributed by atoms with van der Waals surface area (Å²) in [7, 11) is 0. The lowest BCUT2D eigenvalue weighted by atomic mass is 9.91. The van der Waals surface area contributed by atoms with Gasteiger partial charge in [-0.15, -0.1) is 0 Å².